The van der Waals surface area contributed by atoms with Gasteiger partial charge in [-0.15, -0.1) is 0 Å². The second-order valence-electron chi connectivity index (χ2n) is 6.80. The Balaban J connectivity index is 1.78. The van der Waals surface area contributed by atoms with Gasteiger partial charge in [0, 0.05) is 16.7 Å². The summed E-state index contributed by atoms with van der Waals surface area (Å²) in [7, 11) is 0. The summed E-state index contributed by atoms with van der Waals surface area (Å²) >= 11 is 0. The summed E-state index contributed by atoms with van der Waals surface area (Å²) in [5.41, 5.74) is 5.59. The van der Waals surface area contributed by atoms with E-state index in [-0.39, 0.29) is 6.10 Å². The molecule has 27 heavy (non-hydrogen) atoms. The summed E-state index contributed by atoms with van der Waals surface area (Å²) in [5, 5.41) is 0. The quantitative estimate of drug-likeness (QED) is 0.457. The van der Waals surface area contributed by atoms with Gasteiger partial charge in [-0.3, -0.25) is 0 Å². The molecule has 1 aromatic heterocycles. The second kappa shape index (κ2) is 6.86. The van der Waals surface area contributed by atoms with E-state index in [1.807, 2.05) is 12.1 Å². The molecule has 1 fully saturated rings. The maximum atomic E-state index is 5.56. The summed E-state index contributed by atoms with van der Waals surface area (Å²) < 4.78 is 7.88. The topological polar surface area (TPSA) is 30.4 Å². The van der Waals surface area contributed by atoms with Crippen LogP contribution in [-0.2, 0) is 11.3 Å². The number of benzene rings is 3. The number of imidazole rings is 1. The number of ether oxygens (including phenoxy) is 1. The van der Waals surface area contributed by atoms with Crippen LogP contribution in [0, 0.1) is 0 Å². The Morgan fingerprint density at radius 2 is 1.26 bits per heavy atom. The highest BCUT2D eigenvalue weighted by Gasteiger charge is 2.28. The first-order valence-electron chi connectivity index (χ1n) is 9.28. The maximum absolute atomic E-state index is 5.56. The second-order valence-corrected chi connectivity index (χ2v) is 6.80. The minimum atomic E-state index is 0.271. The molecule has 1 saturated heterocycles. The molecule has 132 valence electrons. The molecule has 0 amide bonds. The SMILES string of the molecule is c1ccc(-c2nc(-c3ccccc3)n(CC3CO3)c2-c2ccccc2)cc1. The Hall–Kier alpha value is -3.17. The lowest BCUT2D eigenvalue weighted by Gasteiger charge is -2.12. The molecule has 0 spiro atoms. The first kappa shape index (κ1) is 16.0. The molecule has 3 heteroatoms. The van der Waals surface area contributed by atoms with Gasteiger partial charge in [-0.2, -0.15) is 0 Å². The van der Waals surface area contributed by atoms with E-state index in [1.54, 1.807) is 0 Å². The van der Waals surface area contributed by atoms with E-state index in [9.17, 15) is 0 Å². The molecule has 1 aliphatic heterocycles. The molecule has 1 atom stereocenters. The van der Waals surface area contributed by atoms with Gasteiger partial charge in [0.2, 0.25) is 0 Å². The summed E-state index contributed by atoms with van der Waals surface area (Å²) in [6.45, 7) is 1.63. The fourth-order valence-corrected chi connectivity index (χ4v) is 3.50. The molecule has 0 saturated carbocycles. The fourth-order valence-electron chi connectivity index (χ4n) is 3.50. The lowest BCUT2D eigenvalue weighted by atomic mass is 10.0. The molecule has 1 unspecified atom stereocenters. The van der Waals surface area contributed by atoms with Gasteiger partial charge in [0.25, 0.3) is 0 Å². The van der Waals surface area contributed by atoms with E-state index in [4.69, 9.17) is 9.72 Å². The standard InChI is InChI=1S/C24H20N2O/c1-4-10-18(11-5-1)22-23(19-12-6-2-7-13-19)26(16-21-17-27-21)24(25-22)20-14-8-3-9-15-20/h1-15,21H,16-17H2. The predicted octanol–water partition coefficient (Wildman–Crippen LogP) is 5.28. The van der Waals surface area contributed by atoms with Crippen molar-refractivity contribution in [2.45, 2.75) is 12.6 Å². The van der Waals surface area contributed by atoms with E-state index in [0.29, 0.717) is 0 Å². The zero-order valence-corrected chi connectivity index (χ0v) is 15.0. The highest BCUT2D eigenvalue weighted by molar-refractivity contribution is 5.82. The molecule has 1 aliphatic rings. The summed E-state index contributed by atoms with van der Waals surface area (Å²) in [6.07, 6.45) is 0.271. The molecule has 3 nitrogen and oxygen atoms in total. The van der Waals surface area contributed by atoms with Crippen molar-refractivity contribution in [2.24, 2.45) is 0 Å². The third-order valence-corrected chi connectivity index (χ3v) is 4.88. The molecule has 0 bridgehead atoms. The van der Waals surface area contributed by atoms with Crippen LogP contribution in [0.4, 0.5) is 0 Å². The largest absolute Gasteiger partial charge is 0.371 e. The molecule has 3 aromatic carbocycles. The van der Waals surface area contributed by atoms with Gasteiger partial charge in [-0.25, -0.2) is 4.98 Å². The maximum Gasteiger partial charge on any atom is 0.141 e. The first-order valence-corrected chi connectivity index (χ1v) is 9.28. The molecule has 2 heterocycles. The van der Waals surface area contributed by atoms with Gasteiger partial charge in [-0.05, 0) is 0 Å². The molecule has 5 rings (SSSR count). The fraction of sp³-hybridized carbons (Fsp3) is 0.125. The van der Waals surface area contributed by atoms with Crippen molar-refractivity contribution >= 4 is 0 Å². The highest BCUT2D eigenvalue weighted by atomic mass is 16.6. The highest BCUT2D eigenvalue weighted by Crippen LogP contribution is 2.37. The van der Waals surface area contributed by atoms with Crippen LogP contribution in [0.2, 0.25) is 0 Å². The Labute approximate surface area is 158 Å². The Morgan fingerprint density at radius 3 is 1.81 bits per heavy atom. The van der Waals surface area contributed by atoms with Crippen LogP contribution in [0.25, 0.3) is 33.9 Å². The lowest BCUT2D eigenvalue weighted by Crippen LogP contribution is -2.08. The molecular weight excluding hydrogens is 332 g/mol. The average Bonchev–Trinajstić information content (AvgIpc) is 3.48. The van der Waals surface area contributed by atoms with Gasteiger partial charge >= 0.3 is 0 Å². The third kappa shape index (κ3) is 3.18. The van der Waals surface area contributed by atoms with Crippen molar-refractivity contribution in [1.29, 1.82) is 0 Å². The Bertz CT molecular complexity index is 1040. The Morgan fingerprint density at radius 1 is 0.741 bits per heavy atom. The lowest BCUT2D eigenvalue weighted by molar-refractivity contribution is 0.384. The molecule has 0 radical (unpaired) electrons. The monoisotopic (exact) mass is 352 g/mol. The zero-order valence-electron chi connectivity index (χ0n) is 15.0. The molecule has 4 aromatic rings. The third-order valence-electron chi connectivity index (χ3n) is 4.88. The number of epoxide rings is 1. The van der Waals surface area contributed by atoms with Crippen molar-refractivity contribution in [3.63, 3.8) is 0 Å². The minimum Gasteiger partial charge on any atom is -0.371 e. The number of nitrogens with zero attached hydrogens (tertiary/aromatic N) is 2. The van der Waals surface area contributed by atoms with E-state index in [0.717, 1.165) is 41.5 Å². The Kier molecular flexibility index (Phi) is 4.07. The van der Waals surface area contributed by atoms with Crippen molar-refractivity contribution < 1.29 is 4.74 Å². The van der Waals surface area contributed by atoms with Gasteiger partial charge in [0.05, 0.1) is 30.6 Å². The van der Waals surface area contributed by atoms with E-state index >= 15 is 0 Å². The molecule has 0 aliphatic carbocycles. The van der Waals surface area contributed by atoms with Gasteiger partial charge in [-0.1, -0.05) is 91.0 Å². The smallest absolute Gasteiger partial charge is 0.141 e. The van der Waals surface area contributed by atoms with Crippen molar-refractivity contribution in [2.75, 3.05) is 6.61 Å². The van der Waals surface area contributed by atoms with Crippen molar-refractivity contribution in [3.8, 4) is 33.9 Å². The number of hydrogen-bond donors (Lipinski definition) is 0. The molecule has 0 N–H and O–H groups in total. The van der Waals surface area contributed by atoms with Crippen molar-refractivity contribution in [1.82, 2.24) is 9.55 Å². The van der Waals surface area contributed by atoms with Gasteiger partial charge in [0.1, 0.15) is 5.82 Å². The predicted molar refractivity (Wildman–Crippen MR) is 108 cm³/mol. The van der Waals surface area contributed by atoms with E-state index in [2.05, 4.69) is 83.4 Å². The van der Waals surface area contributed by atoms with Crippen LogP contribution < -0.4 is 0 Å². The summed E-state index contributed by atoms with van der Waals surface area (Å²) in [6, 6.07) is 31.3. The van der Waals surface area contributed by atoms with Crippen LogP contribution in [0.3, 0.4) is 0 Å². The number of hydrogen-bond acceptors (Lipinski definition) is 2. The van der Waals surface area contributed by atoms with Crippen molar-refractivity contribution in [3.05, 3.63) is 91.0 Å². The number of aromatic nitrogens is 2. The van der Waals surface area contributed by atoms with Gasteiger partial charge in [0.15, 0.2) is 0 Å². The number of rotatable bonds is 5. The van der Waals surface area contributed by atoms with Crippen LogP contribution >= 0.6 is 0 Å². The zero-order chi connectivity index (χ0) is 18.1. The van der Waals surface area contributed by atoms with Crippen LogP contribution in [-0.4, -0.2) is 22.3 Å². The molecular formula is C24H20N2O. The van der Waals surface area contributed by atoms with Crippen LogP contribution in [0.15, 0.2) is 91.0 Å². The summed E-state index contributed by atoms with van der Waals surface area (Å²) in [5.74, 6) is 0.990. The average molecular weight is 352 g/mol. The minimum absolute atomic E-state index is 0.271. The first-order chi connectivity index (χ1) is 13.4. The van der Waals surface area contributed by atoms with Crippen LogP contribution in [0.1, 0.15) is 0 Å². The van der Waals surface area contributed by atoms with E-state index < -0.39 is 0 Å². The van der Waals surface area contributed by atoms with Crippen LogP contribution in [0.5, 0.6) is 0 Å². The van der Waals surface area contributed by atoms with Gasteiger partial charge < -0.3 is 9.30 Å². The normalized spacial score (nSPS) is 15.6. The summed E-state index contributed by atoms with van der Waals surface area (Å²) in [4.78, 5) is 5.12. The van der Waals surface area contributed by atoms with E-state index in [1.165, 1.54) is 5.56 Å².